The molecule has 0 aromatic carbocycles. The number of hydrogen-bond donors (Lipinski definition) is 2. The lowest BCUT2D eigenvalue weighted by Gasteiger charge is -2.32. The third kappa shape index (κ3) is 4.62. The molecule has 0 bridgehead atoms. The Labute approximate surface area is 158 Å². The standard InChI is InChI=1S/C18H27N3O4S/c1-5-25-18(24)14-12(3)15(16(23)19-4)26-17(14)20-13(22)10-21-9-7-6-8-11(21)2/h11H,5-10H2,1-4H3,(H,19,23)(H,20,22). The predicted molar refractivity (Wildman–Crippen MR) is 102 cm³/mol. The van der Waals surface area contributed by atoms with Gasteiger partial charge in [0, 0.05) is 13.1 Å². The summed E-state index contributed by atoms with van der Waals surface area (Å²) in [7, 11) is 1.53. The number of nitrogens with one attached hydrogen (secondary N) is 2. The first-order chi connectivity index (χ1) is 12.4. The number of ether oxygens (including phenoxy) is 1. The molecular weight excluding hydrogens is 354 g/mol. The molecule has 1 aromatic rings. The fourth-order valence-electron chi connectivity index (χ4n) is 3.12. The van der Waals surface area contributed by atoms with Crippen molar-refractivity contribution in [2.75, 3.05) is 32.1 Å². The van der Waals surface area contributed by atoms with Crippen LogP contribution in [0.5, 0.6) is 0 Å². The van der Waals surface area contributed by atoms with Crippen LogP contribution < -0.4 is 10.6 Å². The number of carbonyl (C=O) groups excluding carboxylic acids is 3. The second-order valence-corrected chi connectivity index (χ2v) is 7.44. The van der Waals surface area contributed by atoms with Gasteiger partial charge in [-0.15, -0.1) is 11.3 Å². The molecule has 1 aromatic heterocycles. The van der Waals surface area contributed by atoms with Crippen molar-refractivity contribution in [3.05, 3.63) is 16.0 Å². The summed E-state index contributed by atoms with van der Waals surface area (Å²) in [6.45, 7) is 6.92. The topological polar surface area (TPSA) is 87.7 Å². The van der Waals surface area contributed by atoms with E-state index in [1.807, 2.05) is 0 Å². The first-order valence-electron chi connectivity index (χ1n) is 8.95. The Kier molecular flexibility index (Phi) is 7.16. The highest BCUT2D eigenvalue weighted by Gasteiger charge is 2.27. The average Bonchev–Trinajstić information content (AvgIpc) is 2.92. The molecule has 26 heavy (non-hydrogen) atoms. The summed E-state index contributed by atoms with van der Waals surface area (Å²) in [6.07, 6.45) is 3.36. The molecule has 1 unspecified atom stereocenters. The van der Waals surface area contributed by atoms with E-state index < -0.39 is 5.97 Å². The van der Waals surface area contributed by atoms with Crippen molar-refractivity contribution in [3.8, 4) is 0 Å². The van der Waals surface area contributed by atoms with Gasteiger partial charge < -0.3 is 15.4 Å². The zero-order valence-corrected chi connectivity index (χ0v) is 16.6. The molecule has 7 nitrogen and oxygen atoms in total. The van der Waals surface area contributed by atoms with Crippen molar-refractivity contribution in [1.29, 1.82) is 0 Å². The maximum Gasteiger partial charge on any atom is 0.341 e. The van der Waals surface area contributed by atoms with Crippen molar-refractivity contribution >= 4 is 34.1 Å². The molecule has 1 saturated heterocycles. The lowest BCUT2D eigenvalue weighted by atomic mass is 10.0. The number of amides is 2. The van der Waals surface area contributed by atoms with Crippen molar-refractivity contribution in [3.63, 3.8) is 0 Å². The maximum atomic E-state index is 12.5. The second-order valence-electron chi connectivity index (χ2n) is 6.42. The van der Waals surface area contributed by atoms with Gasteiger partial charge in [0.25, 0.3) is 5.91 Å². The van der Waals surface area contributed by atoms with Crippen molar-refractivity contribution in [1.82, 2.24) is 10.2 Å². The average molecular weight is 381 g/mol. The summed E-state index contributed by atoms with van der Waals surface area (Å²) in [4.78, 5) is 39.4. The van der Waals surface area contributed by atoms with E-state index >= 15 is 0 Å². The highest BCUT2D eigenvalue weighted by molar-refractivity contribution is 7.18. The van der Waals surface area contributed by atoms with E-state index in [4.69, 9.17) is 4.74 Å². The molecule has 1 atom stereocenters. The predicted octanol–water partition coefficient (Wildman–Crippen LogP) is 2.41. The summed E-state index contributed by atoms with van der Waals surface area (Å²) in [6, 6.07) is 0.366. The summed E-state index contributed by atoms with van der Waals surface area (Å²) in [5, 5.41) is 5.74. The van der Waals surface area contributed by atoms with Gasteiger partial charge in [0.15, 0.2) is 0 Å². The molecule has 0 radical (unpaired) electrons. The van der Waals surface area contributed by atoms with Crippen LogP contribution in [0.25, 0.3) is 0 Å². The second kappa shape index (κ2) is 9.14. The Balaban J connectivity index is 2.22. The van der Waals surface area contributed by atoms with Crippen LogP contribution in [0.1, 0.15) is 58.7 Å². The zero-order chi connectivity index (χ0) is 19.3. The Morgan fingerprint density at radius 2 is 2.04 bits per heavy atom. The molecule has 0 spiro atoms. The van der Waals surface area contributed by atoms with Crippen LogP contribution in [-0.4, -0.2) is 55.5 Å². The van der Waals surface area contributed by atoms with Crippen molar-refractivity contribution in [2.24, 2.45) is 0 Å². The van der Waals surface area contributed by atoms with Gasteiger partial charge in [-0.1, -0.05) is 6.42 Å². The fourth-order valence-corrected chi connectivity index (χ4v) is 4.28. The minimum Gasteiger partial charge on any atom is -0.462 e. The number of esters is 1. The number of likely N-dealkylation sites (tertiary alicyclic amines) is 1. The van der Waals surface area contributed by atoms with Crippen LogP contribution >= 0.6 is 11.3 Å². The normalized spacial score (nSPS) is 17.6. The first-order valence-corrected chi connectivity index (χ1v) is 9.77. The minimum atomic E-state index is -0.530. The van der Waals surface area contributed by atoms with Gasteiger partial charge in [-0.3, -0.25) is 14.5 Å². The van der Waals surface area contributed by atoms with Gasteiger partial charge in [0.1, 0.15) is 5.00 Å². The lowest BCUT2D eigenvalue weighted by molar-refractivity contribution is -0.118. The molecule has 144 valence electrons. The van der Waals surface area contributed by atoms with Crippen LogP contribution in [0.2, 0.25) is 0 Å². The summed E-state index contributed by atoms with van der Waals surface area (Å²) in [5.41, 5.74) is 0.782. The summed E-state index contributed by atoms with van der Waals surface area (Å²) in [5.74, 6) is -1.00. The number of anilines is 1. The number of thiophene rings is 1. The van der Waals surface area contributed by atoms with Gasteiger partial charge in [-0.2, -0.15) is 0 Å². The minimum absolute atomic E-state index is 0.186. The van der Waals surface area contributed by atoms with Gasteiger partial charge in [-0.05, 0) is 45.7 Å². The molecule has 2 N–H and O–H groups in total. The molecule has 2 amide bonds. The van der Waals surface area contributed by atoms with E-state index in [0.717, 1.165) is 30.7 Å². The Bertz CT molecular complexity index is 686. The highest BCUT2D eigenvalue weighted by atomic mass is 32.1. The Morgan fingerprint density at radius 3 is 2.65 bits per heavy atom. The van der Waals surface area contributed by atoms with E-state index in [9.17, 15) is 14.4 Å². The van der Waals surface area contributed by atoms with Crippen molar-refractivity contribution in [2.45, 2.75) is 46.1 Å². The molecule has 0 saturated carbocycles. The number of hydrogen-bond acceptors (Lipinski definition) is 6. The molecule has 8 heteroatoms. The van der Waals surface area contributed by atoms with Gasteiger partial charge >= 0.3 is 5.97 Å². The maximum absolute atomic E-state index is 12.5. The number of nitrogens with zero attached hydrogens (tertiary/aromatic N) is 1. The van der Waals surface area contributed by atoms with E-state index in [1.54, 1.807) is 13.8 Å². The van der Waals surface area contributed by atoms with E-state index in [1.165, 1.54) is 13.5 Å². The van der Waals surface area contributed by atoms with Gasteiger partial charge in [-0.25, -0.2) is 4.79 Å². The highest BCUT2D eigenvalue weighted by Crippen LogP contribution is 2.33. The van der Waals surface area contributed by atoms with Crippen molar-refractivity contribution < 1.29 is 19.1 Å². The van der Waals surface area contributed by atoms with Gasteiger partial charge in [0.2, 0.25) is 5.91 Å². The smallest absolute Gasteiger partial charge is 0.341 e. The van der Waals surface area contributed by atoms with Crippen LogP contribution in [0.4, 0.5) is 5.00 Å². The molecule has 0 aliphatic carbocycles. The van der Waals surface area contributed by atoms with Crippen LogP contribution in [0.15, 0.2) is 0 Å². The SMILES string of the molecule is CCOC(=O)c1c(NC(=O)CN2CCCCC2C)sc(C(=O)NC)c1C. The molecule has 2 heterocycles. The lowest BCUT2D eigenvalue weighted by Crippen LogP contribution is -2.42. The van der Waals surface area contributed by atoms with E-state index in [-0.39, 0.29) is 30.5 Å². The summed E-state index contributed by atoms with van der Waals surface area (Å²) < 4.78 is 5.10. The molecule has 1 fully saturated rings. The summed E-state index contributed by atoms with van der Waals surface area (Å²) >= 11 is 1.10. The molecule has 2 rings (SSSR count). The molecule has 1 aliphatic heterocycles. The third-order valence-electron chi connectivity index (χ3n) is 4.60. The Hall–Kier alpha value is -1.93. The van der Waals surface area contributed by atoms with Crippen LogP contribution in [0.3, 0.4) is 0 Å². The first kappa shape index (κ1) is 20.4. The van der Waals surface area contributed by atoms with Crippen LogP contribution in [0, 0.1) is 6.92 Å². The molecular formula is C18H27N3O4S. The van der Waals surface area contributed by atoms with E-state index in [0.29, 0.717) is 21.5 Å². The van der Waals surface area contributed by atoms with E-state index in [2.05, 4.69) is 22.5 Å². The Morgan fingerprint density at radius 1 is 1.31 bits per heavy atom. The number of rotatable bonds is 6. The number of carbonyl (C=O) groups is 3. The number of piperidine rings is 1. The largest absolute Gasteiger partial charge is 0.462 e. The molecule has 1 aliphatic rings. The third-order valence-corrected chi connectivity index (χ3v) is 5.81. The van der Waals surface area contributed by atoms with Gasteiger partial charge in [0.05, 0.1) is 23.6 Å². The fraction of sp³-hybridized carbons (Fsp3) is 0.611. The zero-order valence-electron chi connectivity index (χ0n) is 15.8. The monoisotopic (exact) mass is 381 g/mol. The quantitative estimate of drug-likeness (QED) is 0.739. The van der Waals surface area contributed by atoms with Crippen LogP contribution in [-0.2, 0) is 9.53 Å².